The molecule has 0 unspecified atom stereocenters. The van der Waals surface area contributed by atoms with Gasteiger partial charge in [-0.3, -0.25) is 4.79 Å². The average Bonchev–Trinajstić information content (AvgIpc) is 3.04. The van der Waals surface area contributed by atoms with Crippen molar-refractivity contribution in [1.29, 1.82) is 0 Å². The van der Waals surface area contributed by atoms with Crippen molar-refractivity contribution in [2.24, 2.45) is 5.92 Å². The number of rotatable bonds is 9. The topological polar surface area (TPSA) is 63.5 Å². The Kier molecular flexibility index (Phi) is 6.54. The number of ether oxygens (including phenoxy) is 1. The summed E-state index contributed by atoms with van der Waals surface area (Å²) >= 11 is 0. The minimum Gasteiger partial charge on any atom is -0.494 e. The van der Waals surface area contributed by atoms with Crippen molar-refractivity contribution in [2.45, 2.75) is 26.8 Å². The summed E-state index contributed by atoms with van der Waals surface area (Å²) in [6.45, 7) is 5.64. The minimum atomic E-state index is -0.0903. The Balaban J connectivity index is 1.73. The number of carbonyl (C=O) groups is 1. The molecule has 0 saturated heterocycles. The van der Waals surface area contributed by atoms with Crippen molar-refractivity contribution in [3.63, 3.8) is 0 Å². The first-order valence-corrected chi connectivity index (χ1v) is 7.89. The fourth-order valence-corrected chi connectivity index (χ4v) is 1.95. The number of amides is 1. The van der Waals surface area contributed by atoms with E-state index >= 15 is 0 Å². The number of nitrogens with one attached hydrogen (secondary N) is 2. The highest BCUT2D eigenvalue weighted by Gasteiger charge is 2.04. The molecule has 124 valence electrons. The molecule has 5 nitrogen and oxygen atoms in total. The Morgan fingerprint density at radius 1 is 1.26 bits per heavy atom. The molecular formula is C18H24N2O3. The fraction of sp³-hybridized carbons (Fsp3) is 0.389. The summed E-state index contributed by atoms with van der Waals surface area (Å²) in [7, 11) is 0. The molecule has 0 fully saturated rings. The summed E-state index contributed by atoms with van der Waals surface area (Å²) < 4.78 is 10.9. The third-order valence-electron chi connectivity index (χ3n) is 3.29. The molecule has 0 aliphatic carbocycles. The molecule has 2 N–H and O–H groups in total. The van der Waals surface area contributed by atoms with Gasteiger partial charge >= 0.3 is 0 Å². The monoisotopic (exact) mass is 316 g/mol. The molecule has 2 aromatic rings. The zero-order valence-corrected chi connectivity index (χ0v) is 13.7. The summed E-state index contributed by atoms with van der Waals surface area (Å²) in [5.74, 6) is 2.08. The lowest BCUT2D eigenvalue weighted by atomic mass is 10.1. The standard InChI is InChI=1S/C18H24N2O3/c1-14(2)8-10-23-16-6-3-5-15(11-16)19-13-18(21)20-12-17-7-4-9-22-17/h3-7,9,11,14,19H,8,10,12-13H2,1-2H3,(H,20,21). The second-order valence-electron chi connectivity index (χ2n) is 5.77. The molecule has 0 aliphatic heterocycles. The molecule has 1 aromatic carbocycles. The normalized spacial score (nSPS) is 10.6. The first kappa shape index (κ1) is 16.9. The largest absolute Gasteiger partial charge is 0.494 e. The van der Waals surface area contributed by atoms with E-state index in [0.717, 1.165) is 23.6 Å². The Morgan fingerprint density at radius 3 is 2.87 bits per heavy atom. The van der Waals surface area contributed by atoms with Crippen LogP contribution in [0, 0.1) is 5.92 Å². The summed E-state index contributed by atoms with van der Waals surface area (Å²) in [5.41, 5.74) is 0.861. The molecular weight excluding hydrogens is 292 g/mol. The third kappa shape index (κ3) is 6.46. The summed E-state index contributed by atoms with van der Waals surface area (Å²) in [4.78, 5) is 11.8. The van der Waals surface area contributed by atoms with Crippen molar-refractivity contribution in [2.75, 3.05) is 18.5 Å². The van der Waals surface area contributed by atoms with Crippen LogP contribution in [0.3, 0.4) is 0 Å². The maximum Gasteiger partial charge on any atom is 0.239 e. The first-order chi connectivity index (χ1) is 11.1. The Labute approximate surface area is 137 Å². The van der Waals surface area contributed by atoms with Gasteiger partial charge in [-0.25, -0.2) is 0 Å². The smallest absolute Gasteiger partial charge is 0.239 e. The van der Waals surface area contributed by atoms with Gasteiger partial charge in [0.05, 0.1) is 26.0 Å². The molecule has 0 spiro atoms. The van der Waals surface area contributed by atoms with Gasteiger partial charge in [-0.1, -0.05) is 19.9 Å². The van der Waals surface area contributed by atoms with E-state index in [2.05, 4.69) is 24.5 Å². The highest BCUT2D eigenvalue weighted by Crippen LogP contribution is 2.17. The van der Waals surface area contributed by atoms with Crippen molar-refractivity contribution in [1.82, 2.24) is 5.32 Å². The maximum atomic E-state index is 11.8. The number of carbonyl (C=O) groups excluding carboxylic acids is 1. The van der Waals surface area contributed by atoms with Gasteiger partial charge in [0.25, 0.3) is 0 Å². The van der Waals surface area contributed by atoms with Crippen LogP contribution in [0.2, 0.25) is 0 Å². The number of hydrogen-bond acceptors (Lipinski definition) is 4. The van der Waals surface area contributed by atoms with Gasteiger partial charge in [0.2, 0.25) is 5.91 Å². The second kappa shape index (κ2) is 8.88. The predicted molar refractivity (Wildman–Crippen MR) is 90.4 cm³/mol. The van der Waals surface area contributed by atoms with Crippen LogP contribution in [-0.4, -0.2) is 19.1 Å². The highest BCUT2D eigenvalue weighted by atomic mass is 16.5. The highest BCUT2D eigenvalue weighted by molar-refractivity contribution is 5.80. The third-order valence-corrected chi connectivity index (χ3v) is 3.29. The van der Waals surface area contributed by atoms with Gasteiger partial charge in [-0.05, 0) is 36.6 Å². The minimum absolute atomic E-state index is 0.0903. The van der Waals surface area contributed by atoms with Crippen molar-refractivity contribution in [3.05, 3.63) is 48.4 Å². The molecule has 5 heteroatoms. The van der Waals surface area contributed by atoms with Gasteiger partial charge in [-0.2, -0.15) is 0 Å². The van der Waals surface area contributed by atoms with E-state index < -0.39 is 0 Å². The zero-order chi connectivity index (χ0) is 16.5. The van der Waals surface area contributed by atoms with Gasteiger partial charge in [-0.15, -0.1) is 0 Å². The summed E-state index contributed by atoms with van der Waals surface area (Å²) in [6.07, 6.45) is 2.61. The molecule has 0 bridgehead atoms. The van der Waals surface area contributed by atoms with Crippen LogP contribution in [0.15, 0.2) is 47.1 Å². The van der Waals surface area contributed by atoms with E-state index in [1.54, 1.807) is 12.3 Å². The van der Waals surface area contributed by atoms with Crippen molar-refractivity contribution in [3.8, 4) is 5.75 Å². The van der Waals surface area contributed by atoms with Crippen LogP contribution in [0.4, 0.5) is 5.69 Å². The Hall–Kier alpha value is -2.43. The zero-order valence-electron chi connectivity index (χ0n) is 13.7. The summed E-state index contributed by atoms with van der Waals surface area (Å²) in [6, 6.07) is 11.3. The van der Waals surface area contributed by atoms with Gasteiger partial charge < -0.3 is 19.8 Å². The van der Waals surface area contributed by atoms with E-state index in [0.29, 0.717) is 19.1 Å². The van der Waals surface area contributed by atoms with Crippen LogP contribution >= 0.6 is 0 Å². The molecule has 0 saturated carbocycles. The molecule has 1 aromatic heterocycles. The first-order valence-electron chi connectivity index (χ1n) is 7.89. The maximum absolute atomic E-state index is 11.8. The van der Waals surface area contributed by atoms with Crippen molar-refractivity contribution >= 4 is 11.6 Å². The Morgan fingerprint density at radius 2 is 2.13 bits per heavy atom. The molecule has 23 heavy (non-hydrogen) atoms. The van der Waals surface area contributed by atoms with Crippen LogP contribution in [-0.2, 0) is 11.3 Å². The van der Waals surface area contributed by atoms with Crippen LogP contribution in [0.25, 0.3) is 0 Å². The van der Waals surface area contributed by atoms with Gasteiger partial charge in [0.15, 0.2) is 0 Å². The van der Waals surface area contributed by atoms with Gasteiger partial charge in [0, 0.05) is 11.8 Å². The van der Waals surface area contributed by atoms with E-state index in [4.69, 9.17) is 9.15 Å². The van der Waals surface area contributed by atoms with E-state index in [-0.39, 0.29) is 12.5 Å². The molecule has 0 atom stereocenters. The second-order valence-corrected chi connectivity index (χ2v) is 5.77. The lowest BCUT2D eigenvalue weighted by Gasteiger charge is -2.11. The number of furan rings is 1. The van der Waals surface area contributed by atoms with Gasteiger partial charge in [0.1, 0.15) is 11.5 Å². The average molecular weight is 316 g/mol. The van der Waals surface area contributed by atoms with E-state index in [1.807, 2.05) is 30.3 Å². The van der Waals surface area contributed by atoms with Crippen molar-refractivity contribution < 1.29 is 13.9 Å². The molecule has 2 rings (SSSR count). The Bertz CT molecular complexity index is 594. The predicted octanol–water partition coefficient (Wildman–Crippen LogP) is 3.43. The number of anilines is 1. The summed E-state index contributed by atoms with van der Waals surface area (Å²) in [5, 5.41) is 5.88. The molecule has 0 aliphatic rings. The number of benzene rings is 1. The molecule has 0 radical (unpaired) electrons. The number of hydrogen-bond donors (Lipinski definition) is 2. The van der Waals surface area contributed by atoms with Crippen LogP contribution in [0.5, 0.6) is 5.75 Å². The van der Waals surface area contributed by atoms with Crippen LogP contribution < -0.4 is 15.4 Å². The lowest BCUT2D eigenvalue weighted by Crippen LogP contribution is -2.29. The quantitative estimate of drug-likeness (QED) is 0.744. The van der Waals surface area contributed by atoms with E-state index in [9.17, 15) is 4.79 Å². The van der Waals surface area contributed by atoms with Crippen LogP contribution in [0.1, 0.15) is 26.0 Å². The molecule has 1 heterocycles. The fourth-order valence-electron chi connectivity index (χ4n) is 1.95. The van der Waals surface area contributed by atoms with E-state index in [1.165, 1.54) is 0 Å². The molecule has 1 amide bonds. The lowest BCUT2D eigenvalue weighted by molar-refractivity contribution is -0.119. The SMILES string of the molecule is CC(C)CCOc1cccc(NCC(=O)NCc2ccco2)c1.